The van der Waals surface area contributed by atoms with E-state index in [2.05, 4.69) is 73.8 Å². The van der Waals surface area contributed by atoms with Gasteiger partial charge in [0.05, 0.1) is 6.04 Å². The highest BCUT2D eigenvalue weighted by Crippen LogP contribution is 2.30. The van der Waals surface area contributed by atoms with Gasteiger partial charge in [0.25, 0.3) is 0 Å². The molecule has 3 rings (SSSR count). The van der Waals surface area contributed by atoms with Gasteiger partial charge >= 0.3 is 0 Å². The van der Waals surface area contributed by atoms with Gasteiger partial charge in [0.15, 0.2) is 0 Å². The molecule has 2 heteroatoms. The third kappa shape index (κ3) is 2.72. The number of hydrogen-bond donors (Lipinski definition) is 1. The molecule has 0 spiro atoms. The van der Waals surface area contributed by atoms with Crippen LogP contribution in [0.3, 0.4) is 0 Å². The largest absolute Gasteiger partial charge is 0.464 e. The molecule has 0 aliphatic carbocycles. The molecule has 1 unspecified atom stereocenters. The van der Waals surface area contributed by atoms with Crippen molar-refractivity contribution in [3.63, 3.8) is 0 Å². The summed E-state index contributed by atoms with van der Waals surface area (Å²) in [5, 5.41) is 6.09. The molecule has 0 saturated carbocycles. The Morgan fingerprint density at radius 1 is 0.952 bits per heavy atom. The molecular weight excluding hydrogens is 258 g/mol. The highest BCUT2D eigenvalue weighted by Gasteiger charge is 2.18. The molecular formula is C19H21NO. The van der Waals surface area contributed by atoms with Crippen LogP contribution in [0.2, 0.25) is 0 Å². The van der Waals surface area contributed by atoms with Gasteiger partial charge in [-0.3, -0.25) is 0 Å². The molecule has 3 aromatic rings. The summed E-state index contributed by atoms with van der Waals surface area (Å²) in [5.41, 5.74) is 1.27. The summed E-state index contributed by atoms with van der Waals surface area (Å²) >= 11 is 0. The summed E-state index contributed by atoms with van der Waals surface area (Å²) in [5.74, 6) is 2.03. The Balaban J connectivity index is 2.11. The van der Waals surface area contributed by atoms with Crippen molar-refractivity contribution >= 4 is 10.8 Å². The van der Waals surface area contributed by atoms with E-state index in [1.165, 1.54) is 16.3 Å². The van der Waals surface area contributed by atoms with Gasteiger partial charge in [-0.25, -0.2) is 0 Å². The monoisotopic (exact) mass is 279 g/mol. The lowest BCUT2D eigenvalue weighted by Crippen LogP contribution is -2.21. The Kier molecular flexibility index (Phi) is 4.07. The fraction of sp³-hybridized carbons (Fsp3) is 0.263. The van der Waals surface area contributed by atoms with E-state index in [4.69, 9.17) is 4.42 Å². The van der Waals surface area contributed by atoms with Crippen molar-refractivity contribution in [3.05, 3.63) is 71.7 Å². The van der Waals surface area contributed by atoms with Crippen LogP contribution in [-0.4, -0.2) is 6.54 Å². The molecule has 21 heavy (non-hydrogen) atoms. The first-order chi connectivity index (χ1) is 10.3. The number of nitrogens with one attached hydrogen (secondary N) is 1. The Morgan fingerprint density at radius 3 is 2.52 bits per heavy atom. The number of aryl methyl sites for hydroxylation is 1. The quantitative estimate of drug-likeness (QED) is 0.732. The maximum absolute atomic E-state index is 5.99. The van der Waals surface area contributed by atoms with Gasteiger partial charge in [0.1, 0.15) is 11.5 Å². The summed E-state index contributed by atoms with van der Waals surface area (Å²) in [6, 6.07) is 19.2. The van der Waals surface area contributed by atoms with E-state index in [-0.39, 0.29) is 6.04 Å². The molecule has 0 saturated heterocycles. The standard InChI is InChI=1S/C19H21NO/c1-3-15-12-13-18(21-15)19(20-4-2)17-11-7-9-14-8-5-6-10-16(14)17/h5-13,19-20H,3-4H2,1-2H3. The van der Waals surface area contributed by atoms with Gasteiger partial charge in [-0.2, -0.15) is 0 Å². The molecule has 1 N–H and O–H groups in total. The van der Waals surface area contributed by atoms with Crippen molar-refractivity contribution in [2.45, 2.75) is 26.3 Å². The van der Waals surface area contributed by atoms with Crippen molar-refractivity contribution < 1.29 is 4.42 Å². The number of rotatable bonds is 5. The number of benzene rings is 2. The van der Waals surface area contributed by atoms with Crippen molar-refractivity contribution in [3.8, 4) is 0 Å². The third-order valence-corrected chi connectivity index (χ3v) is 3.86. The summed E-state index contributed by atoms with van der Waals surface area (Å²) in [6.07, 6.45) is 0.925. The first kappa shape index (κ1) is 13.9. The Labute approximate surface area is 125 Å². The smallest absolute Gasteiger partial charge is 0.125 e. The number of hydrogen-bond acceptors (Lipinski definition) is 2. The zero-order valence-electron chi connectivity index (χ0n) is 12.6. The summed E-state index contributed by atoms with van der Waals surface area (Å²) in [6.45, 7) is 5.14. The van der Waals surface area contributed by atoms with E-state index in [0.29, 0.717) is 0 Å². The van der Waals surface area contributed by atoms with Gasteiger partial charge in [-0.15, -0.1) is 0 Å². The highest BCUT2D eigenvalue weighted by atomic mass is 16.3. The molecule has 0 fully saturated rings. The molecule has 2 aromatic carbocycles. The molecule has 1 aromatic heterocycles. The fourth-order valence-electron chi connectivity index (χ4n) is 2.81. The van der Waals surface area contributed by atoms with Gasteiger partial charge in [-0.1, -0.05) is 56.3 Å². The van der Waals surface area contributed by atoms with Crippen LogP contribution in [0.4, 0.5) is 0 Å². The number of furan rings is 1. The molecule has 0 radical (unpaired) electrons. The molecule has 1 atom stereocenters. The minimum Gasteiger partial charge on any atom is -0.464 e. The minimum atomic E-state index is 0.0985. The Hall–Kier alpha value is -2.06. The maximum Gasteiger partial charge on any atom is 0.125 e. The Bertz CT molecular complexity index is 724. The van der Waals surface area contributed by atoms with Gasteiger partial charge in [0, 0.05) is 6.42 Å². The topological polar surface area (TPSA) is 25.2 Å². The second-order valence-electron chi connectivity index (χ2n) is 5.22. The van der Waals surface area contributed by atoms with Crippen LogP contribution in [0.5, 0.6) is 0 Å². The number of fused-ring (bicyclic) bond motifs is 1. The second-order valence-corrected chi connectivity index (χ2v) is 5.22. The molecule has 2 nitrogen and oxygen atoms in total. The van der Waals surface area contributed by atoms with Gasteiger partial charge in [-0.05, 0) is 35.0 Å². The predicted octanol–water partition coefficient (Wildman–Crippen LogP) is 4.69. The van der Waals surface area contributed by atoms with Crippen molar-refractivity contribution in [2.24, 2.45) is 0 Å². The summed E-state index contributed by atoms with van der Waals surface area (Å²) < 4.78 is 5.99. The summed E-state index contributed by atoms with van der Waals surface area (Å²) in [4.78, 5) is 0. The molecule has 0 aliphatic rings. The molecule has 0 amide bonds. The van der Waals surface area contributed by atoms with Crippen molar-refractivity contribution in [1.29, 1.82) is 0 Å². The Morgan fingerprint density at radius 2 is 1.76 bits per heavy atom. The van der Waals surface area contributed by atoms with Crippen LogP contribution >= 0.6 is 0 Å². The lowest BCUT2D eigenvalue weighted by molar-refractivity contribution is 0.427. The van der Waals surface area contributed by atoms with Crippen LogP contribution in [0, 0.1) is 0 Å². The maximum atomic E-state index is 5.99. The zero-order valence-corrected chi connectivity index (χ0v) is 12.6. The van der Waals surface area contributed by atoms with Crippen LogP contribution in [0.1, 0.15) is 37.0 Å². The average Bonchev–Trinajstić information content (AvgIpc) is 3.01. The van der Waals surface area contributed by atoms with Crippen LogP contribution in [0.15, 0.2) is 59.0 Å². The van der Waals surface area contributed by atoms with Crippen molar-refractivity contribution in [2.75, 3.05) is 6.54 Å². The lowest BCUT2D eigenvalue weighted by atomic mass is 9.97. The van der Waals surface area contributed by atoms with E-state index in [1.54, 1.807) is 0 Å². The first-order valence-corrected chi connectivity index (χ1v) is 7.63. The normalized spacial score (nSPS) is 12.7. The van der Waals surface area contributed by atoms with Crippen LogP contribution in [-0.2, 0) is 6.42 Å². The average molecular weight is 279 g/mol. The summed E-state index contributed by atoms with van der Waals surface area (Å²) in [7, 11) is 0. The predicted molar refractivity (Wildman–Crippen MR) is 87.6 cm³/mol. The SMILES string of the molecule is CCNC(c1ccc(CC)o1)c1cccc2ccccc12. The zero-order chi connectivity index (χ0) is 14.7. The van der Waals surface area contributed by atoms with Crippen LogP contribution < -0.4 is 5.32 Å². The van der Waals surface area contributed by atoms with Crippen molar-refractivity contribution in [1.82, 2.24) is 5.32 Å². The lowest BCUT2D eigenvalue weighted by Gasteiger charge is -2.18. The second kappa shape index (κ2) is 6.15. The van der Waals surface area contributed by atoms with Gasteiger partial charge in [0.2, 0.25) is 0 Å². The molecule has 0 bridgehead atoms. The molecule has 0 aliphatic heterocycles. The molecule has 108 valence electrons. The van der Waals surface area contributed by atoms with E-state index >= 15 is 0 Å². The fourth-order valence-corrected chi connectivity index (χ4v) is 2.81. The van der Waals surface area contributed by atoms with E-state index in [0.717, 1.165) is 24.5 Å². The van der Waals surface area contributed by atoms with E-state index in [9.17, 15) is 0 Å². The minimum absolute atomic E-state index is 0.0985. The third-order valence-electron chi connectivity index (χ3n) is 3.86. The van der Waals surface area contributed by atoms with Gasteiger partial charge < -0.3 is 9.73 Å². The highest BCUT2D eigenvalue weighted by molar-refractivity contribution is 5.86. The van der Waals surface area contributed by atoms with E-state index < -0.39 is 0 Å². The first-order valence-electron chi connectivity index (χ1n) is 7.63. The van der Waals surface area contributed by atoms with E-state index in [1.807, 2.05) is 0 Å². The van der Waals surface area contributed by atoms with Crippen LogP contribution in [0.25, 0.3) is 10.8 Å². The molecule has 1 heterocycles.